The largest absolute Gasteiger partial charge is 0.497 e. The minimum atomic E-state index is 0.0344. The van der Waals surface area contributed by atoms with Crippen molar-refractivity contribution < 1.29 is 9.53 Å². The van der Waals surface area contributed by atoms with Crippen LogP contribution in [0.1, 0.15) is 15.9 Å². The summed E-state index contributed by atoms with van der Waals surface area (Å²) in [5, 5.41) is 4.16. The zero-order chi connectivity index (χ0) is 19.3. The highest BCUT2D eigenvalue weighted by Crippen LogP contribution is 2.18. The monoisotopic (exact) mass is 377 g/mol. The zero-order valence-electron chi connectivity index (χ0n) is 15.9. The van der Waals surface area contributed by atoms with Crippen LogP contribution in [0, 0.1) is 0 Å². The fourth-order valence-electron chi connectivity index (χ4n) is 3.50. The number of carbonyl (C=O) groups is 1. The van der Waals surface area contributed by atoms with Crippen LogP contribution in [0.3, 0.4) is 0 Å². The lowest BCUT2D eigenvalue weighted by molar-refractivity contribution is 0.0628. The molecule has 1 aliphatic rings. The molecule has 0 spiro atoms. The van der Waals surface area contributed by atoms with Crippen LogP contribution in [-0.4, -0.2) is 63.8 Å². The molecule has 144 valence electrons. The number of benzene rings is 2. The van der Waals surface area contributed by atoms with Crippen LogP contribution in [0.25, 0.3) is 5.69 Å². The van der Waals surface area contributed by atoms with Crippen molar-refractivity contribution in [1.82, 2.24) is 24.6 Å². The Hall–Kier alpha value is -3.19. The number of nitrogens with zero attached hydrogens (tertiary/aromatic N) is 5. The number of rotatable bonds is 5. The maximum Gasteiger partial charge on any atom is 0.256 e. The third-order valence-electron chi connectivity index (χ3n) is 5.00. The molecule has 7 heteroatoms. The third-order valence-corrected chi connectivity index (χ3v) is 5.00. The van der Waals surface area contributed by atoms with Crippen LogP contribution in [0.5, 0.6) is 5.75 Å². The van der Waals surface area contributed by atoms with Crippen LogP contribution in [-0.2, 0) is 6.54 Å². The molecule has 1 fully saturated rings. The second-order valence-corrected chi connectivity index (χ2v) is 6.78. The van der Waals surface area contributed by atoms with E-state index in [1.165, 1.54) is 11.9 Å². The van der Waals surface area contributed by atoms with Crippen molar-refractivity contribution >= 4 is 5.91 Å². The van der Waals surface area contributed by atoms with Gasteiger partial charge in [-0.25, -0.2) is 9.67 Å². The first-order valence-corrected chi connectivity index (χ1v) is 9.33. The highest BCUT2D eigenvalue weighted by atomic mass is 16.5. The molecule has 28 heavy (non-hydrogen) atoms. The maximum absolute atomic E-state index is 13.1. The van der Waals surface area contributed by atoms with Crippen molar-refractivity contribution in [2.24, 2.45) is 0 Å². The van der Waals surface area contributed by atoms with Gasteiger partial charge in [0, 0.05) is 32.7 Å². The van der Waals surface area contributed by atoms with E-state index in [4.69, 9.17) is 4.74 Å². The predicted octanol–water partition coefficient (Wildman–Crippen LogP) is 2.23. The Morgan fingerprint density at radius 1 is 1.07 bits per heavy atom. The van der Waals surface area contributed by atoms with Crippen molar-refractivity contribution in [2.45, 2.75) is 6.54 Å². The first-order valence-electron chi connectivity index (χ1n) is 9.33. The van der Waals surface area contributed by atoms with Crippen LogP contribution < -0.4 is 4.74 Å². The summed E-state index contributed by atoms with van der Waals surface area (Å²) in [6.07, 6.45) is 3.08. The second kappa shape index (κ2) is 8.22. The number of hydrogen-bond acceptors (Lipinski definition) is 5. The van der Waals surface area contributed by atoms with E-state index in [9.17, 15) is 4.79 Å². The van der Waals surface area contributed by atoms with E-state index in [2.05, 4.69) is 27.1 Å². The van der Waals surface area contributed by atoms with E-state index in [1.807, 2.05) is 41.3 Å². The number of methoxy groups -OCH3 is 1. The van der Waals surface area contributed by atoms with Gasteiger partial charge in [-0.2, -0.15) is 5.10 Å². The Morgan fingerprint density at radius 3 is 2.64 bits per heavy atom. The van der Waals surface area contributed by atoms with E-state index in [-0.39, 0.29) is 5.91 Å². The van der Waals surface area contributed by atoms with Crippen molar-refractivity contribution in [3.8, 4) is 11.4 Å². The summed E-state index contributed by atoms with van der Waals surface area (Å²) < 4.78 is 6.93. The summed E-state index contributed by atoms with van der Waals surface area (Å²) in [4.78, 5) is 21.4. The lowest BCUT2D eigenvalue weighted by atomic mass is 10.1. The smallest absolute Gasteiger partial charge is 0.256 e. The minimum absolute atomic E-state index is 0.0344. The van der Waals surface area contributed by atoms with Gasteiger partial charge in [0.15, 0.2) is 0 Å². The molecule has 0 aliphatic carbocycles. The van der Waals surface area contributed by atoms with Crippen molar-refractivity contribution in [2.75, 3.05) is 33.3 Å². The van der Waals surface area contributed by atoms with Gasteiger partial charge in [-0.15, -0.1) is 0 Å². The molecule has 3 aromatic rings. The standard InChI is InChI=1S/C21H23N5O2/c1-28-18-6-4-5-17(13-18)14-24-9-11-25(12-10-24)21(27)19-7-2-3-8-20(19)26-16-22-15-23-26/h2-8,13,15-16H,9-12,14H2,1H3. The summed E-state index contributed by atoms with van der Waals surface area (Å²) in [7, 11) is 1.68. The first kappa shape index (κ1) is 18.2. The summed E-state index contributed by atoms with van der Waals surface area (Å²) in [6.45, 7) is 3.95. The van der Waals surface area contributed by atoms with Gasteiger partial charge >= 0.3 is 0 Å². The second-order valence-electron chi connectivity index (χ2n) is 6.78. The van der Waals surface area contributed by atoms with Crippen molar-refractivity contribution in [3.63, 3.8) is 0 Å². The summed E-state index contributed by atoms with van der Waals surface area (Å²) >= 11 is 0. The number of amides is 1. The zero-order valence-corrected chi connectivity index (χ0v) is 15.9. The molecule has 4 rings (SSSR count). The van der Waals surface area contributed by atoms with Gasteiger partial charge in [0.1, 0.15) is 18.4 Å². The maximum atomic E-state index is 13.1. The lowest BCUT2D eigenvalue weighted by Gasteiger charge is -2.35. The fraction of sp³-hybridized carbons (Fsp3) is 0.286. The molecule has 0 radical (unpaired) electrons. The van der Waals surface area contributed by atoms with Gasteiger partial charge in [-0.05, 0) is 29.8 Å². The van der Waals surface area contributed by atoms with Crippen LogP contribution in [0.2, 0.25) is 0 Å². The Labute approximate surface area is 164 Å². The topological polar surface area (TPSA) is 63.5 Å². The average molecular weight is 377 g/mol. The van der Waals surface area contributed by atoms with E-state index in [1.54, 1.807) is 18.1 Å². The summed E-state index contributed by atoms with van der Waals surface area (Å²) in [6, 6.07) is 15.7. The van der Waals surface area contributed by atoms with Gasteiger partial charge < -0.3 is 9.64 Å². The van der Waals surface area contributed by atoms with Crippen LogP contribution in [0.15, 0.2) is 61.2 Å². The lowest BCUT2D eigenvalue weighted by Crippen LogP contribution is -2.48. The number of piperazine rings is 1. The summed E-state index contributed by atoms with van der Waals surface area (Å²) in [5.41, 5.74) is 2.62. The number of hydrogen-bond donors (Lipinski definition) is 0. The van der Waals surface area contributed by atoms with E-state index < -0.39 is 0 Å². The molecule has 1 amide bonds. The molecule has 0 bridgehead atoms. The Balaban J connectivity index is 1.41. The minimum Gasteiger partial charge on any atom is -0.497 e. The van der Waals surface area contributed by atoms with E-state index in [0.29, 0.717) is 18.7 Å². The molecule has 2 heterocycles. The Morgan fingerprint density at radius 2 is 1.89 bits per heavy atom. The molecule has 0 N–H and O–H groups in total. The van der Waals surface area contributed by atoms with Crippen LogP contribution >= 0.6 is 0 Å². The Bertz CT molecular complexity index is 933. The van der Waals surface area contributed by atoms with Gasteiger partial charge in [0.05, 0.1) is 18.4 Å². The summed E-state index contributed by atoms with van der Waals surface area (Å²) in [5.74, 6) is 0.906. The van der Waals surface area contributed by atoms with Gasteiger partial charge in [0.25, 0.3) is 5.91 Å². The number of para-hydroxylation sites is 1. The van der Waals surface area contributed by atoms with E-state index >= 15 is 0 Å². The molecule has 1 saturated heterocycles. The molecule has 0 saturated carbocycles. The number of carbonyl (C=O) groups excluding carboxylic acids is 1. The average Bonchev–Trinajstić information content (AvgIpc) is 3.29. The molecule has 7 nitrogen and oxygen atoms in total. The van der Waals surface area contributed by atoms with Crippen LogP contribution in [0.4, 0.5) is 0 Å². The van der Waals surface area contributed by atoms with Gasteiger partial charge in [-0.3, -0.25) is 9.69 Å². The molecular formula is C21H23N5O2. The molecular weight excluding hydrogens is 354 g/mol. The first-order chi connectivity index (χ1) is 13.7. The molecule has 0 atom stereocenters. The van der Waals surface area contributed by atoms with Gasteiger partial charge in [-0.1, -0.05) is 24.3 Å². The third kappa shape index (κ3) is 3.89. The number of aromatic nitrogens is 3. The predicted molar refractivity (Wildman–Crippen MR) is 106 cm³/mol. The Kier molecular flexibility index (Phi) is 5.34. The van der Waals surface area contributed by atoms with Gasteiger partial charge in [0.2, 0.25) is 0 Å². The quantitative estimate of drug-likeness (QED) is 0.682. The molecule has 1 aliphatic heterocycles. The highest BCUT2D eigenvalue weighted by Gasteiger charge is 2.24. The molecule has 2 aromatic carbocycles. The van der Waals surface area contributed by atoms with Crippen molar-refractivity contribution in [1.29, 1.82) is 0 Å². The molecule has 1 aromatic heterocycles. The van der Waals surface area contributed by atoms with E-state index in [0.717, 1.165) is 31.1 Å². The fourth-order valence-corrected chi connectivity index (χ4v) is 3.50. The van der Waals surface area contributed by atoms with Crippen molar-refractivity contribution in [3.05, 3.63) is 72.3 Å². The SMILES string of the molecule is COc1cccc(CN2CCN(C(=O)c3ccccc3-n3cncn3)CC2)c1. The molecule has 0 unspecified atom stereocenters. The normalized spacial score (nSPS) is 14.8. The highest BCUT2D eigenvalue weighted by molar-refractivity contribution is 5.97. The number of ether oxygens (including phenoxy) is 1.